The molecule has 0 bridgehead atoms. The van der Waals surface area contributed by atoms with Gasteiger partial charge in [0.15, 0.2) is 0 Å². The van der Waals surface area contributed by atoms with E-state index < -0.39 is 16.1 Å². The quantitative estimate of drug-likeness (QED) is 0.745. The fraction of sp³-hybridized carbons (Fsp3) is 0.417. The molecule has 0 radical (unpaired) electrons. The van der Waals surface area contributed by atoms with E-state index in [0.29, 0.717) is 13.0 Å². The summed E-state index contributed by atoms with van der Waals surface area (Å²) in [6.45, 7) is 2.14. The monoisotopic (exact) mass is 468 g/mol. The Morgan fingerprint density at radius 1 is 1.18 bits per heavy atom. The van der Waals surface area contributed by atoms with Gasteiger partial charge < -0.3 is 14.7 Å². The lowest BCUT2D eigenvalue weighted by atomic mass is 9.81. The van der Waals surface area contributed by atoms with Crippen molar-refractivity contribution in [3.05, 3.63) is 48.0 Å². The van der Waals surface area contributed by atoms with Gasteiger partial charge in [-0.25, -0.2) is 18.4 Å². The molecule has 8 nitrogen and oxygen atoms in total. The maximum atomic E-state index is 13.5. The van der Waals surface area contributed by atoms with Crippen molar-refractivity contribution in [2.24, 2.45) is 15.9 Å². The number of methoxy groups -OCH3 is 1. The van der Waals surface area contributed by atoms with Crippen LogP contribution in [0.3, 0.4) is 0 Å². The second-order valence-electron chi connectivity index (χ2n) is 8.81. The number of aliphatic hydroxyl groups excluding tert-OH is 1. The summed E-state index contributed by atoms with van der Waals surface area (Å²) in [5.41, 5.74) is 3.83. The van der Waals surface area contributed by atoms with Crippen LogP contribution in [-0.4, -0.2) is 68.6 Å². The highest BCUT2D eigenvalue weighted by Gasteiger charge is 2.51. The van der Waals surface area contributed by atoms with E-state index in [4.69, 9.17) is 4.74 Å². The van der Waals surface area contributed by atoms with Gasteiger partial charge in [0.1, 0.15) is 5.75 Å². The third-order valence-electron chi connectivity index (χ3n) is 6.96. The van der Waals surface area contributed by atoms with Crippen molar-refractivity contribution in [3.63, 3.8) is 0 Å². The van der Waals surface area contributed by atoms with E-state index in [9.17, 15) is 13.5 Å². The summed E-state index contributed by atoms with van der Waals surface area (Å²) in [6.07, 6.45) is 2.22. The Morgan fingerprint density at radius 2 is 1.97 bits per heavy atom. The summed E-state index contributed by atoms with van der Waals surface area (Å²) in [4.78, 5) is 10.4. The average Bonchev–Trinajstić information content (AvgIpc) is 3.47. The molecule has 1 fully saturated rings. The number of hydrogen-bond donors (Lipinski definition) is 1. The molecule has 5 rings (SSSR count). The van der Waals surface area contributed by atoms with Crippen LogP contribution in [0.1, 0.15) is 24.9 Å². The maximum Gasteiger partial charge on any atom is 0.278 e. The van der Waals surface area contributed by atoms with Crippen molar-refractivity contribution in [1.29, 1.82) is 0 Å². The molecule has 3 aliphatic heterocycles. The van der Waals surface area contributed by atoms with Gasteiger partial charge in [-0.2, -0.15) is 4.31 Å². The minimum absolute atomic E-state index is 0.0359. The SMILES string of the molecule is COc1cccc(-c2ccc3c(c2)[C@H]2[C@H](CCN2S(=O)(=O)C2=NC(C)C=N2)[C@H](CO)N3C)c1. The van der Waals surface area contributed by atoms with Crippen LogP contribution < -0.4 is 9.64 Å². The number of aliphatic hydroxyl groups is 1. The van der Waals surface area contributed by atoms with Crippen molar-refractivity contribution in [2.45, 2.75) is 31.5 Å². The van der Waals surface area contributed by atoms with Crippen molar-refractivity contribution >= 4 is 27.1 Å². The van der Waals surface area contributed by atoms with E-state index in [1.807, 2.05) is 50.4 Å². The first-order valence-electron chi connectivity index (χ1n) is 11.1. The number of ether oxygens (including phenoxy) is 1. The van der Waals surface area contributed by atoms with Gasteiger partial charge in [0, 0.05) is 31.4 Å². The molecular weight excluding hydrogens is 440 g/mol. The molecule has 0 aromatic heterocycles. The van der Waals surface area contributed by atoms with Gasteiger partial charge in [-0.05, 0) is 54.3 Å². The number of fused-ring (bicyclic) bond motifs is 3. The highest BCUT2D eigenvalue weighted by atomic mass is 32.2. The molecule has 0 spiro atoms. The van der Waals surface area contributed by atoms with E-state index in [1.54, 1.807) is 13.3 Å². The number of nitrogens with zero attached hydrogens (tertiary/aromatic N) is 4. The number of amidine groups is 1. The number of anilines is 1. The Kier molecular flexibility index (Phi) is 5.50. The first kappa shape index (κ1) is 22.1. The second kappa shape index (κ2) is 8.23. The number of rotatable bonds is 4. The Morgan fingerprint density at radius 3 is 2.67 bits per heavy atom. The van der Waals surface area contributed by atoms with E-state index >= 15 is 0 Å². The van der Waals surface area contributed by atoms with E-state index in [-0.39, 0.29) is 29.8 Å². The zero-order valence-electron chi connectivity index (χ0n) is 18.9. The molecule has 174 valence electrons. The van der Waals surface area contributed by atoms with E-state index in [1.165, 1.54) is 4.31 Å². The minimum atomic E-state index is -3.86. The van der Waals surface area contributed by atoms with Crippen molar-refractivity contribution in [1.82, 2.24) is 4.31 Å². The molecule has 2 aromatic rings. The molecule has 9 heteroatoms. The summed E-state index contributed by atoms with van der Waals surface area (Å²) in [5.74, 6) is 0.725. The zero-order chi connectivity index (χ0) is 23.3. The molecule has 3 aliphatic rings. The number of hydrogen-bond acceptors (Lipinski definition) is 7. The van der Waals surface area contributed by atoms with Gasteiger partial charge in [0.05, 0.1) is 31.8 Å². The van der Waals surface area contributed by atoms with Gasteiger partial charge in [0.25, 0.3) is 15.2 Å². The number of likely N-dealkylation sites (N-methyl/N-ethyl adjacent to an activating group) is 1. The summed E-state index contributed by atoms with van der Waals surface area (Å²) in [5, 5.41) is 10.1. The lowest BCUT2D eigenvalue weighted by Gasteiger charge is -2.44. The third kappa shape index (κ3) is 3.55. The molecule has 1 unspecified atom stereocenters. The molecule has 0 aliphatic carbocycles. The first-order chi connectivity index (χ1) is 15.8. The Hall–Kier alpha value is -2.75. The fourth-order valence-corrected chi connectivity index (χ4v) is 6.93. The highest BCUT2D eigenvalue weighted by Crippen LogP contribution is 2.50. The molecule has 1 saturated heterocycles. The van der Waals surface area contributed by atoms with Crippen LogP contribution in [0, 0.1) is 5.92 Å². The Labute approximate surface area is 194 Å². The van der Waals surface area contributed by atoms with Crippen LogP contribution in [-0.2, 0) is 10.0 Å². The molecule has 2 aromatic carbocycles. The summed E-state index contributed by atoms with van der Waals surface area (Å²) < 4.78 is 34.0. The summed E-state index contributed by atoms with van der Waals surface area (Å²) >= 11 is 0. The largest absolute Gasteiger partial charge is 0.497 e. The first-order valence-corrected chi connectivity index (χ1v) is 12.5. The smallest absolute Gasteiger partial charge is 0.278 e. The van der Waals surface area contributed by atoms with Crippen LogP contribution in [0.25, 0.3) is 11.1 Å². The standard InChI is InChI=1S/C24H28N4O4S/c1-15-13-25-24(26-15)33(30,31)28-10-9-19-22(14-29)27(2)21-8-7-17(12-20(21)23(19)28)16-5-4-6-18(11-16)32-3/h4-8,11-13,15,19,22-23,29H,9-10,14H2,1-3H3/t15?,19-,22+,23-/m1/s1. The zero-order valence-corrected chi connectivity index (χ0v) is 19.7. The van der Waals surface area contributed by atoms with Gasteiger partial charge in [0.2, 0.25) is 0 Å². The Bertz CT molecular complexity index is 1240. The summed E-state index contributed by atoms with van der Waals surface area (Å²) in [6, 6.07) is 13.1. The fourth-order valence-electron chi connectivity index (χ4n) is 5.31. The molecule has 0 saturated carbocycles. The maximum absolute atomic E-state index is 13.5. The number of benzene rings is 2. The van der Waals surface area contributed by atoms with Crippen LogP contribution in [0.15, 0.2) is 52.4 Å². The van der Waals surface area contributed by atoms with Crippen molar-refractivity contribution < 1.29 is 18.3 Å². The van der Waals surface area contributed by atoms with Gasteiger partial charge in [-0.15, -0.1) is 0 Å². The van der Waals surface area contributed by atoms with Crippen molar-refractivity contribution in [3.8, 4) is 16.9 Å². The molecule has 3 heterocycles. The predicted molar refractivity (Wildman–Crippen MR) is 130 cm³/mol. The predicted octanol–water partition coefficient (Wildman–Crippen LogP) is 2.69. The van der Waals surface area contributed by atoms with Gasteiger partial charge in [-0.1, -0.05) is 18.2 Å². The minimum Gasteiger partial charge on any atom is -0.497 e. The van der Waals surface area contributed by atoms with Crippen LogP contribution in [0.4, 0.5) is 5.69 Å². The van der Waals surface area contributed by atoms with Crippen LogP contribution in [0.5, 0.6) is 5.75 Å². The number of aliphatic imine (C=N–C) groups is 2. The lowest BCUT2D eigenvalue weighted by Crippen LogP contribution is -2.48. The molecule has 4 atom stereocenters. The van der Waals surface area contributed by atoms with Crippen LogP contribution >= 0.6 is 0 Å². The molecule has 1 N–H and O–H groups in total. The highest BCUT2D eigenvalue weighted by molar-refractivity contribution is 8.04. The summed E-state index contributed by atoms with van der Waals surface area (Å²) in [7, 11) is -0.257. The molecule has 33 heavy (non-hydrogen) atoms. The molecule has 0 amide bonds. The second-order valence-corrected chi connectivity index (χ2v) is 10.6. The van der Waals surface area contributed by atoms with Crippen LogP contribution in [0.2, 0.25) is 0 Å². The topological polar surface area (TPSA) is 94.8 Å². The van der Waals surface area contributed by atoms with E-state index in [2.05, 4.69) is 21.0 Å². The van der Waals surface area contributed by atoms with Crippen molar-refractivity contribution in [2.75, 3.05) is 32.2 Å². The molecular formula is C24H28N4O4S. The lowest BCUT2D eigenvalue weighted by molar-refractivity contribution is 0.193. The van der Waals surface area contributed by atoms with E-state index in [0.717, 1.165) is 28.1 Å². The van der Waals surface area contributed by atoms with Gasteiger partial charge >= 0.3 is 0 Å². The number of sulfonamides is 1. The van der Waals surface area contributed by atoms with Gasteiger partial charge in [-0.3, -0.25) is 0 Å². The third-order valence-corrected chi connectivity index (χ3v) is 8.66. The average molecular weight is 469 g/mol. The Balaban J connectivity index is 1.63. The normalized spacial score (nSPS) is 26.8.